The Hall–Kier alpha value is -1.45. The monoisotopic (exact) mass is 119 g/mol. The molecule has 0 saturated heterocycles. The van der Waals surface area contributed by atoms with Crippen LogP contribution in [0.1, 0.15) is 0 Å². The molecule has 4 heteroatoms. The molecule has 2 rings (SSSR count). The van der Waals surface area contributed by atoms with Crippen molar-refractivity contribution in [3.05, 3.63) is 24.8 Å². The van der Waals surface area contributed by atoms with E-state index in [9.17, 15) is 0 Å². The summed E-state index contributed by atoms with van der Waals surface area (Å²) in [6.07, 6.45) is 4.77. The Balaban J connectivity index is 2.95. The predicted octanol–water partition coefficient (Wildman–Crippen LogP) is -0.0755. The minimum Gasteiger partial charge on any atom is -0.242 e. The van der Waals surface area contributed by atoms with Crippen molar-refractivity contribution in [2.45, 2.75) is 0 Å². The van der Waals surface area contributed by atoms with E-state index in [1.54, 1.807) is 17.0 Å². The van der Waals surface area contributed by atoms with Crippen molar-refractivity contribution in [2.75, 3.05) is 0 Å². The molecule has 0 aliphatic heterocycles. The number of fused-ring (bicyclic) bond motifs is 1. The van der Waals surface area contributed by atoms with Crippen molar-refractivity contribution in [3.8, 4) is 0 Å². The molecular weight excluding hydrogens is 116 g/mol. The molecule has 0 amide bonds. The van der Waals surface area contributed by atoms with Gasteiger partial charge in [-0.2, -0.15) is 0 Å². The summed E-state index contributed by atoms with van der Waals surface area (Å²) < 4.78 is 1.56. The summed E-state index contributed by atoms with van der Waals surface area (Å²) in [4.78, 5) is 3.83. The first-order chi connectivity index (χ1) is 4.47. The van der Waals surface area contributed by atoms with Crippen molar-refractivity contribution in [2.24, 2.45) is 0 Å². The zero-order valence-corrected chi connectivity index (χ0v) is 4.52. The molecule has 0 bridgehead atoms. The van der Waals surface area contributed by atoms with E-state index >= 15 is 0 Å². The van der Waals surface area contributed by atoms with E-state index in [-0.39, 0.29) is 0 Å². The zero-order chi connectivity index (χ0) is 6.10. The number of hydrogen-bond donors (Lipinski definition) is 0. The van der Waals surface area contributed by atoms with Crippen molar-refractivity contribution in [1.29, 1.82) is 0 Å². The molecular formula is C5H3N4. The van der Waals surface area contributed by atoms with Crippen LogP contribution < -0.4 is 0 Å². The molecule has 0 unspecified atom stereocenters. The summed E-state index contributed by atoms with van der Waals surface area (Å²) in [5.41, 5.74) is 0.838. The number of rotatable bonds is 0. The van der Waals surface area contributed by atoms with E-state index in [0.29, 0.717) is 0 Å². The summed E-state index contributed by atoms with van der Waals surface area (Å²) in [6, 6.07) is 2.86. The maximum Gasteiger partial charge on any atom is 0.119 e. The lowest BCUT2D eigenvalue weighted by molar-refractivity contribution is 0.802. The summed E-state index contributed by atoms with van der Waals surface area (Å²) >= 11 is 0. The normalized spacial score (nSPS) is 10.2. The van der Waals surface area contributed by atoms with Gasteiger partial charge in [0.1, 0.15) is 6.33 Å². The topological polar surface area (TPSA) is 43.1 Å². The lowest BCUT2D eigenvalue weighted by Crippen LogP contribution is -1.90. The number of imidazole rings is 1. The van der Waals surface area contributed by atoms with E-state index < -0.39 is 0 Å². The van der Waals surface area contributed by atoms with Gasteiger partial charge in [0.15, 0.2) is 0 Å². The number of aromatic nitrogens is 4. The molecule has 0 saturated carbocycles. The highest BCUT2D eigenvalue weighted by Crippen LogP contribution is 1.92. The molecule has 0 aromatic carbocycles. The van der Waals surface area contributed by atoms with Gasteiger partial charge in [0, 0.05) is 6.07 Å². The minimum absolute atomic E-state index is 0.838. The second-order valence-electron chi connectivity index (χ2n) is 1.60. The van der Waals surface area contributed by atoms with Gasteiger partial charge in [0.2, 0.25) is 0 Å². The molecule has 43 valence electrons. The molecule has 4 nitrogen and oxygen atoms in total. The third kappa shape index (κ3) is 0.561. The van der Waals surface area contributed by atoms with Crippen LogP contribution in [0.4, 0.5) is 0 Å². The number of hydrogen-bond acceptors (Lipinski definition) is 3. The largest absolute Gasteiger partial charge is 0.242 e. The Morgan fingerprint density at radius 2 is 2.56 bits per heavy atom. The van der Waals surface area contributed by atoms with Crippen molar-refractivity contribution in [1.82, 2.24) is 19.8 Å². The third-order valence-electron chi connectivity index (χ3n) is 1.04. The van der Waals surface area contributed by atoms with Crippen LogP contribution in [0.25, 0.3) is 5.52 Å². The second kappa shape index (κ2) is 1.51. The highest BCUT2D eigenvalue weighted by molar-refractivity contribution is 5.39. The number of nitrogens with zero attached hydrogens (tertiary/aromatic N) is 4. The fourth-order valence-corrected chi connectivity index (χ4v) is 0.640. The lowest BCUT2D eigenvalue weighted by Gasteiger charge is -1.83. The molecule has 0 spiro atoms. The first-order valence-electron chi connectivity index (χ1n) is 2.48. The van der Waals surface area contributed by atoms with Gasteiger partial charge < -0.3 is 0 Å². The molecule has 0 atom stereocenters. The predicted molar refractivity (Wildman–Crippen MR) is 29.6 cm³/mol. The Labute approximate surface area is 51.1 Å². The maximum absolute atomic E-state index is 3.83. The lowest BCUT2D eigenvalue weighted by atomic mass is 10.5. The van der Waals surface area contributed by atoms with Crippen LogP contribution in [-0.2, 0) is 0 Å². The van der Waals surface area contributed by atoms with Crippen molar-refractivity contribution < 1.29 is 0 Å². The summed E-state index contributed by atoms with van der Waals surface area (Å²) in [7, 11) is 0. The van der Waals surface area contributed by atoms with Crippen LogP contribution in [0, 0.1) is 6.07 Å². The van der Waals surface area contributed by atoms with Crippen LogP contribution in [0.3, 0.4) is 0 Å². The van der Waals surface area contributed by atoms with Crippen LogP contribution >= 0.6 is 0 Å². The Bertz CT molecular complexity index is 283. The second-order valence-corrected chi connectivity index (χ2v) is 1.60. The Morgan fingerprint density at radius 3 is 3.44 bits per heavy atom. The summed E-state index contributed by atoms with van der Waals surface area (Å²) in [6.45, 7) is 0. The van der Waals surface area contributed by atoms with Gasteiger partial charge in [-0.25, -0.2) is 9.50 Å². The maximum atomic E-state index is 3.83. The fraction of sp³-hybridized carbons (Fsp3) is 0. The molecule has 2 heterocycles. The van der Waals surface area contributed by atoms with Gasteiger partial charge in [0.25, 0.3) is 0 Å². The van der Waals surface area contributed by atoms with Gasteiger partial charge in [-0.15, -0.1) is 5.10 Å². The van der Waals surface area contributed by atoms with Crippen LogP contribution in [0.5, 0.6) is 0 Å². The molecule has 0 fully saturated rings. The summed E-state index contributed by atoms with van der Waals surface area (Å²) in [5, 5.41) is 7.32. The molecule has 1 radical (unpaired) electrons. The Kier molecular flexibility index (Phi) is 0.745. The van der Waals surface area contributed by atoms with Crippen molar-refractivity contribution in [3.63, 3.8) is 0 Å². The van der Waals surface area contributed by atoms with Gasteiger partial charge in [-0.05, 0) is 0 Å². The highest BCUT2D eigenvalue weighted by Gasteiger charge is 1.88. The van der Waals surface area contributed by atoms with Crippen LogP contribution in [0.15, 0.2) is 18.7 Å². The summed E-state index contributed by atoms with van der Waals surface area (Å²) in [5.74, 6) is 0. The van der Waals surface area contributed by atoms with E-state index in [0.717, 1.165) is 5.52 Å². The SMILES string of the molecule is [c]1cnnn2cncc12. The Morgan fingerprint density at radius 1 is 1.56 bits per heavy atom. The highest BCUT2D eigenvalue weighted by atomic mass is 15.4. The van der Waals surface area contributed by atoms with Gasteiger partial charge in [-0.1, -0.05) is 5.21 Å². The molecule has 0 aliphatic carbocycles. The molecule has 2 aromatic heterocycles. The van der Waals surface area contributed by atoms with E-state index in [1.165, 1.54) is 6.20 Å². The van der Waals surface area contributed by atoms with E-state index in [2.05, 4.69) is 21.4 Å². The first-order valence-corrected chi connectivity index (χ1v) is 2.48. The first kappa shape index (κ1) is 4.43. The van der Waals surface area contributed by atoms with Crippen LogP contribution in [0.2, 0.25) is 0 Å². The molecule has 0 aliphatic rings. The van der Waals surface area contributed by atoms with Crippen LogP contribution in [-0.4, -0.2) is 19.8 Å². The third-order valence-corrected chi connectivity index (χ3v) is 1.04. The average Bonchev–Trinajstić information content (AvgIpc) is 2.33. The average molecular weight is 119 g/mol. The van der Waals surface area contributed by atoms with Gasteiger partial charge in [0.05, 0.1) is 17.9 Å². The van der Waals surface area contributed by atoms with E-state index in [4.69, 9.17) is 0 Å². The smallest absolute Gasteiger partial charge is 0.119 e. The molecule has 2 aromatic rings. The molecule has 9 heavy (non-hydrogen) atoms. The molecule has 0 N–H and O–H groups in total. The van der Waals surface area contributed by atoms with Gasteiger partial charge in [-0.3, -0.25) is 0 Å². The zero-order valence-electron chi connectivity index (χ0n) is 4.52. The fourth-order valence-electron chi connectivity index (χ4n) is 0.640. The van der Waals surface area contributed by atoms with E-state index in [1.807, 2.05) is 0 Å². The minimum atomic E-state index is 0.838. The quantitative estimate of drug-likeness (QED) is 0.487. The standard InChI is InChI=1S/C5H3N4/c1-2-7-8-9-4-6-3-5(1)9/h2-4H. The van der Waals surface area contributed by atoms with Crippen molar-refractivity contribution >= 4 is 5.52 Å². The van der Waals surface area contributed by atoms with Gasteiger partial charge >= 0.3 is 0 Å².